The van der Waals surface area contributed by atoms with Crippen molar-refractivity contribution in [1.82, 2.24) is 0 Å². The number of benzene rings is 2. The monoisotopic (exact) mass is 320 g/mol. The molecule has 0 atom stereocenters. The molecule has 0 heterocycles. The van der Waals surface area contributed by atoms with Crippen LogP contribution in [0.15, 0.2) is 36.4 Å². The van der Waals surface area contributed by atoms with Crippen LogP contribution in [0.25, 0.3) is 0 Å². The maximum absolute atomic E-state index is 13.9. The number of rotatable bonds is 5. The smallest absolute Gasteiger partial charge is 0.337 e. The molecule has 23 heavy (non-hydrogen) atoms. The van der Waals surface area contributed by atoms with Gasteiger partial charge in [-0.2, -0.15) is 0 Å². The van der Waals surface area contributed by atoms with Gasteiger partial charge in [0.15, 0.2) is 0 Å². The van der Waals surface area contributed by atoms with Gasteiger partial charge in [0, 0.05) is 20.6 Å². The van der Waals surface area contributed by atoms with Crippen LogP contribution in [0.2, 0.25) is 0 Å². The standard InChI is InChI=1S/C17H18F2N2O2/c1-21(2)16-7-4-11(8-14(16)19)10-20-15-9-12(17(22)23-3)5-6-13(15)18/h4-9,20H,10H2,1-3H3. The second kappa shape index (κ2) is 7.09. The van der Waals surface area contributed by atoms with Crippen LogP contribution in [0.5, 0.6) is 0 Å². The summed E-state index contributed by atoms with van der Waals surface area (Å²) in [5, 5.41) is 2.86. The highest BCUT2D eigenvalue weighted by Crippen LogP contribution is 2.21. The molecule has 0 fully saturated rings. The maximum Gasteiger partial charge on any atom is 0.337 e. The second-order valence-corrected chi connectivity index (χ2v) is 5.22. The second-order valence-electron chi connectivity index (χ2n) is 5.22. The number of halogens is 2. The van der Waals surface area contributed by atoms with Gasteiger partial charge < -0.3 is 15.0 Å². The third-order valence-corrected chi connectivity index (χ3v) is 3.36. The molecule has 0 radical (unpaired) electrons. The van der Waals surface area contributed by atoms with E-state index >= 15 is 0 Å². The van der Waals surface area contributed by atoms with Gasteiger partial charge >= 0.3 is 5.97 Å². The lowest BCUT2D eigenvalue weighted by molar-refractivity contribution is 0.0600. The van der Waals surface area contributed by atoms with Gasteiger partial charge in [-0.25, -0.2) is 13.6 Å². The Morgan fingerprint density at radius 1 is 1.13 bits per heavy atom. The molecule has 2 rings (SSSR count). The van der Waals surface area contributed by atoms with Gasteiger partial charge in [-0.3, -0.25) is 0 Å². The van der Waals surface area contributed by atoms with E-state index in [0.717, 1.165) is 0 Å². The first-order chi connectivity index (χ1) is 10.9. The van der Waals surface area contributed by atoms with E-state index in [0.29, 0.717) is 11.3 Å². The number of anilines is 2. The molecule has 0 aliphatic carbocycles. The Kier molecular flexibility index (Phi) is 5.16. The average Bonchev–Trinajstić information content (AvgIpc) is 2.53. The van der Waals surface area contributed by atoms with Crippen LogP contribution in [0.1, 0.15) is 15.9 Å². The van der Waals surface area contributed by atoms with Crippen LogP contribution >= 0.6 is 0 Å². The predicted octanol–water partition coefficient (Wildman–Crippen LogP) is 3.43. The summed E-state index contributed by atoms with van der Waals surface area (Å²) < 4.78 is 32.3. The number of nitrogens with zero attached hydrogens (tertiary/aromatic N) is 1. The molecule has 0 saturated heterocycles. The molecular weight excluding hydrogens is 302 g/mol. The Morgan fingerprint density at radius 3 is 2.48 bits per heavy atom. The Morgan fingerprint density at radius 2 is 1.87 bits per heavy atom. The Hall–Kier alpha value is -2.63. The molecule has 2 aromatic rings. The fourth-order valence-corrected chi connectivity index (χ4v) is 2.13. The molecule has 0 saturated carbocycles. The number of hydrogen-bond donors (Lipinski definition) is 1. The zero-order valence-corrected chi connectivity index (χ0v) is 13.2. The van der Waals surface area contributed by atoms with Crippen molar-refractivity contribution in [3.05, 3.63) is 59.2 Å². The van der Waals surface area contributed by atoms with Crippen molar-refractivity contribution in [2.45, 2.75) is 6.54 Å². The van der Waals surface area contributed by atoms with Crippen LogP contribution in [-0.4, -0.2) is 27.2 Å². The number of ether oxygens (including phenoxy) is 1. The van der Waals surface area contributed by atoms with Gasteiger partial charge in [-0.15, -0.1) is 0 Å². The third-order valence-electron chi connectivity index (χ3n) is 3.36. The minimum absolute atomic E-state index is 0.157. The lowest BCUT2D eigenvalue weighted by Crippen LogP contribution is -2.11. The van der Waals surface area contributed by atoms with Gasteiger partial charge in [0.25, 0.3) is 0 Å². The van der Waals surface area contributed by atoms with Gasteiger partial charge in [0.05, 0.1) is 24.0 Å². The highest BCUT2D eigenvalue weighted by atomic mass is 19.1. The van der Waals surface area contributed by atoms with Crippen LogP contribution < -0.4 is 10.2 Å². The number of carbonyl (C=O) groups is 1. The van der Waals surface area contributed by atoms with Crippen molar-refractivity contribution in [3.63, 3.8) is 0 Å². The minimum atomic E-state index is -0.547. The van der Waals surface area contributed by atoms with Crippen LogP contribution in [0, 0.1) is 11.6 Å². The quantitative estimate of drug-likeness (QED) is 0.857. The average molecular weight is 320 g/mol. The van der Waals surface area contributed by atoms with Crippen molar-refractivity contribution in [2.75, 3.05) is 31.4 Å². The number of hydrogen-bond acceptors (Lipinski definition) is 4. The van der Waals surface area contributed by atoms with Gasteiger partial charge in [-0.1, -0.05) is 6.07 Å². The van der Waals surface area contributed by atoms with Crippen molar-refractivity contribution in [1.29, 1.82) is 0 Å². The van der Waals surface area contributed by atoms with E-state index in [2.05, 4.69) is 10.1 Å². The highest BCUT2D eigenvalue weighted by Gasteiger charge is 2.10. The summed E-state index contributed by atoms with van der Waals surface area (Å²) in [5.74, 6) is -1.39. The first-order valence-electron chi connectivity index (χ1n) is 7.00. The molecule has 6 heteroatoms. The fourth-order valence-electron chi connectivity index (χ4n) is 2.13. The van der Waals surface area contributed by atoms with Crippen molar-refractivity contribution < 1.29 is 18.3 Å². The van der Waals surface area contributed by atoms with Gasteiger partial charge in [0.2, 0.25) is 0 Å². The molecule has 0 aliphatic rings. The van der Waals surface area contributed by atoms with Crippen molar-refractivity contribution >= 4 is 17.3 Å². The van der Waals surface area contributed by atoms with Crippen LogP contribution in [0.4, 0.5) is 20.2 Å². The molecule has 0 amide bonds. The summed E-state index contributed by atoms with van der Waals surface area (Å²) in [6.07, 6.45) is 0. The number of nitrogens with one attached hydrogen (secondary N) is 1. The zero-order chi connectivity index (χ0) is 17.0. The number of carbonyl (C=O) groups excluding carboxylic acids is 1. The first kappa shape index (κ1) is 16.7. The predicted molar refractivity (Wildman–Crippen MR) is 85.8 cm³/mol. The largest absolute Gasteiger partial charge is 0.465 e. The molecular formula is C17H18F2N2O2. The van der Waals surface area contributed by atoms with Crippen molar-refractivity contribution in [2.24, 2.45) is 0 Å². The van der Waals surface area contributed by atoms with E-state index in [9.17, 15) is 13.6 Å². The molecule has 122 valence electrons. The fraction of sp³-hybridized carbons (Fsp3) is 0.235. The topological polar surface area (TPSA) is 41.6 Å². The minimum Gasteiger partial charge on any atom is -0.465 e. The summed E-state index contributed by atoms with van der Waals surface area (Å²) >= 11 is 0. The summed E-state index contributed by atoms with van der Waals surface area (Å²) in [4.78, 5) is 13.1. The Labute approximate surface area is 133 Å². The summed E-state index contributed by atoms with van der Waals surface area (Å²) in [7, 11) is 4.77. The van der Waals surface area contributed by atoms with E-state index in [4.69, 9.17) is 0 Å². The highest BCUT2D eigenvalue weighted by molar-refractivity contribution is 5.90. The van der Waals surface area contributed by atoms with Crippen molar-refractivity contribution in [3.8, 4) is 0 Å². The number of methoxy groups -OCH3 is 1. The lowest BCUT2D eigenvalue weighted by atomic mass is 10.1. The SMILES string of the molecule is COC(=O)c1ccc(F)c(NCc2ccc(N(C)C)c(F)c2)c1. The molecule has 0 aliphatic heterocycles. The van der Waals surface area contributed by atoms with Crippen LogP contribution in [0.3, 0.4) is 0 Å². The summed E-state index contributed by atoms with van der Waals surface area (Å²) in [6.45, 7) is 0.228. The van der Waals surface area contributed by atoms with E-state index in [1.54, 1.807) is 31.1 Å². The van der Waals surface area contributed by atoms with E-state index < -0.39 is 11.8 Å². The normalized spacial score (nSPS) is 10.3. The summed E-state index contributed by atoms with van der Waals surface area (Å²) in [5.41, 5.74) is 1.54. The molecule has 2 aromatic carbocycles. The first-order valence-corrected chi connectivity index (χ1v) is 7.00. The molecule has 0 aromatic heterocycles. The molecule has 4 nitrogen and oxygen atoms in total. The maximum atomic E-state index is 13.9. The number of esters is 1. The Bertz CT molecular complexity index is 718. The van der Waals surface area contributed by atoms with Gasteiger partial charge in [0.1, 0.15) is 11.6 Å². The molecule has 1 N–H and O–H groups in total. The van der Waals surface area contributed by atoms with E-state index in [1.807, 2.05) is 0 Å². The van der Waals surface area contributed by atoms with Gasteiger partial charge in [-0.05, 0) is 35.9 Å². The van der Waals surface area contributed by atoms with E-state index in [-0.39, 0.29) is 23.6 Å². The third kappa shape index (κ3) is 3.97. The van der Waals surface area contributed by atoms with Crippen LogP contribution in [-0.2, 0) is 11.3 Å². The molecule has 0 bridgehead atoms. The Balaban J connectivity index is 2.14. The molecule has 0 unspecified atom stereocenters. The summed E-state index contributed by atoms with van der Waals surface area (Å²) in [6, 6.07) is 8.71. The zero-order valence-electron chi connectivity index (χ0n) is 13.2. The molecule has 0 spiro atoms. The van der Waals surface area contributed by atoms with E-state index in [1.165, 1.54) is 31.4 Å². The lowest BCUT2D eigenvalue weighted by Gasteiger charge is -2.15.